The average molecular weight is 434 g/mol. The Morgan fingerprint density at radius 1 is 0.966 bits per heavy atom. The molecule has 0 saturated heterocycles. The molecular weight excluding hydrogens is 415 g/mol. The number of hydrogen-bond acceptors (Lipinski definition) is 3. The van der Waals surface area contributed by atoms with Crippen molar-refractivity contribution in [2.45, 2.75) is 42.9 Å². The maximum absolute atomic E-state index is 14.0. The summed E-state index contributed by atoms with van der Waals surface area (Å²) in [5.74, 6) is -2.71. The smallest absolute Gasteiger partial charge is 0.393 e. The van der Waals surface area contributed by atoms with Gasteiger partial charge in [0, 0.05) is 11.6 Å². The van der Waals surface area contributed by atoms with Crippen molar-refractivity contribution in [1.82, 2.24) is 0 Å². The Labute approximate surface area is 165 Å². The van der Waals surface area contributed by atoms with Crippen molar-refractivity contribution >= 4 is 9.84 Å². The molecule has 2 aromatic carbocycles. The normalized spacial score (nSPS) is 20.6. The van der Waals surface area contributed by atoms with Crippen LogP contribution < -0.4 is 0 Å². The summed E-state index contributed by atoms with van der Waals surface area (Å²) < 4.78 is 93.4. The molecule has 1 saturated carbocycles. The van der Waals surface area contributed by atoms with Crippen LogP contribution in [0.2, 0.25) is 0 Å². The summed E-state index contributed by atoms with van der Waals surface area (Å²) in [7, 11) is -4.26. The van der Waals surface area contributed by atoms with Crippen LogP contribution in [0.1, 0.15) is 31.2 Å². The van der Waals surface area contributed by atoms with E-state index in [1.807, 2.05) is 0 Å². The molecule has 9 heteroatoms. The molecule has 0 aromatic heterocycles. The summed E-state index contributed by atoms with van der Waals surface area (Å²) in [5, 5.41) is 9.52. The maximum Gasteiger partial charge on any atom is 0.417 e. The van der Waals surface area contributed by atoms with Crippen molar-refractivity contribution in [2.75, 3.05) is 5.75 Å². The fraction of sp³-hybridized carbons (Fsp3) is 0.400. The molecule has 29 heavy (non-hydrogen) atoms. The standard InChI is InChI=1S/C20H19F5O3S/c21-14-4-7-16(18(22)10-14)13-3-8-19(17(9-13)20(23,24)25)29(27,28)11-12-1-5-15(26)6-2-12/h3-4,7-10,12,15,26H,1-2,5-6,11H2. The number of rotatable bonds is 4. The molecule has 0 radical (unpaired) electrons. The lowest BCUT2D eigenvalue weighted by atomic mass is 9.89. The van der Waals surface area contributed by atoms with Crippen LogP contribution in [-0.2, 0) is 16.0 Å². The molecule has 0 heterocycles. The minimum absolute atomic E-state index is 0.199. The van der Waals surface area contributed by atoms with E-state index >= 15 is 0 Å². The molecule has 0 bridgehead atoms. The van der Waals surface area contributed by atoms with Gasteiger partial charge in [0.05, 0.1) is 22.3 Å². The maximum atomic E-state index is 14.0. The third-order valence-corrected chi connectivity index (χ3v) is 7.07. The number of benzene rings is 2. The van der Waals surface area contributed by atoms with Crippen molar-refractivity contribution in [2.24, 2.45) is 5.92 Å². The highest BCUT2D eigenvalue weighted by molar-refractivity contribution is 7.91. The highest BCUT2D eigenvalue weighted by atomic mass is 32.2. The van der Waals surface area contributed by atoms with Crippen molar-refractivity contribution < 1.29 is 35.5 Å². The SMILES string of the molecule is O=S(=O)(CC1CCC(O)CC1)c1ccc(-c2ccc(F)cc2F)cc1C(F)(F)F. The first-order valence-electron chi connectivity index (χ1n) is 9.05. The van der Waals surface area contributed by atoms with Crippen LogP contribution in [0.25, 0.3) is 11.1 Å². The van der Waals surface area contributed by atoms with E-state index in [1.165, 1.54) is 0 Å². The Morgan fingerprint density at radius 2 is 1.62 bits per heavy atom. The van der Waals surface area contributed by atoms with E-state index in [0.29, 0.717) is 37.8 Å². The highest BCUT2D eigenvalue weighted by Crippen LogP contribution is 2.39. The first-order chi connectivity index (χ1) is 13.5. The second-order valence-corrected chi connectivity index (χ2v) is 9.29. The summed E-state index contributed by atoms with van der Waals surface area (Å²) in [5.41, 5.74) is -1.84. The van der Waals surface area contributed by atoms with Crippen LogP contribution in [0.15, 0.2) is 41.3 Å². The lowest BCUT2D eigenvalue weighted by Gasteiger charge is -2.25. The number of sulfone groups is 1. The van der Waals surface area contributed by atoms with Gasteiger partial charge in [-0.3, -0.25) is 0 Å². The molecule has 0 spiro atoms. The molecular formula is C20H19F5O3S. The minimum Gasteiger partial charge on any atom is -0.393 e. The van der Waals surface area contributed by atoms with E-state index in [0.717, 1.165) is 24.3 Å². The Balaban J connectivity index is 2.00. The third-order valence-electron chi connectivity index (χ3n) is 5.13. The van der Waals surface area contributed by atoms with Crippen LogP contribution in [0.5, 0.6) is 0 Å². The number of alkyl halides is 3. The van der Waals surface area contributed by atoms with Crippen LogP contribution in [0.4, 0.5) is 22.0 Å². The zero-order valence-electron chi connectivity index (χ0n) is 15.2. The number of aliphatic hydroxyl groups excluding tert-OH is 1. The van der Waals surface area contributed by atoms with Gasteiger partial charge < -0.3 is 5.11 Å². The van der Waals surface area contributed by atoms with Crippen molar-refractivity contribution in [3.05, 3.63) is 53.6 Å². The molecule has 1 aliphatic carbocycles. The fourth-order valence-corrected chi connectivity index (χ4v) is 5.54. The molecule has 3 nitrogen and oxygen atoms in total. The predicted octanol–water partition coefficient (Wildman–Crippen LogP) is 4.98. The number of halogens is 5. The van der Waals surface area contributed by atoms with Gasteiger partial charge in [-0.25, -0.2) is 17.2 Å². The van der Waals surface area contributed by atoms with E-state index in [-0.39, 0.29) is 17.0 Å². The molecule has 2 aromatic rings. The number of hydrogen-bond donors (Lipinski definition) is 1. The quantitative estimate of drug-likeness (QED) is 0.691. The molecule has 0 atom stereocenters. The zero-order chi connectivity index (χ0) is 21.4. The Kier molecular flexibility index (Phi) is 6.01. The molecule has 1 N–H and O–H groups in total. The van der Waals surface area contributed by atoms with Crippen molar-refractivity contribution in [1.29, 1.82) is 0 Å². The summed E-state index contributed by atoms with van der Waals surface area (Å²) in [6, 6.07) is 4.95. The summed E-state index contributed by atoms with van der Waals surface area (Å²) >= 11 is 0. The summed E-state index contributed by atoms with van der Waals surface area (Å²) in [6.07, 6.45) is -3.83. The highest BCUT2D eigenvalue weighted by Gasteiger charge is 2.38. The monoisotopic (exact) mass is 434 g/mol. The molecule has 0 amide bonds. The summed E-state index contributed by atoms with van der Waals surface area (Å²) in [4.78, 5) is -0.859. The van der Waals surface area contributed by atoms with E-state index in [9.17, 15) is 35.5 Å². The lowest BCUT2D eigenvalue weighted by molar-refractivity contribution is -0.139. The Hall–Kier alpha value is -2.00. The van der Waals surface area contributed by atoms with Gasteiger partial charge in [-0.05, 0) is 61.4 Å². The van der Waals surface area contributed by atoms with E-state index in [2.05, 4.69) is 0 Å². The van der Waals surface area contributed by atoms with Crippen LogP contribution in [0.3, 0.4) is 0 Å². The lowest BCUT2D eigenvalue weighted by Crippen LogP contribution is -2.25. The van der Waals surface area contributed by atoms with Gasteiger partial charge in [0.25, 0.3) is 0 Å². The largest absolute Gasteiger partial charge is 0.417 e. The van der Waals surface area contributed by atoms with E-state index in [1.54, 1.807) is 0 Å². The van der Waals surface area contributed by atoms with Gasteiger partial charge >= 0.3 is 6.18 Å². The molecule has 158 valence electrons. The van der Waals surface area contributed by atoms with Gasteiger partial charge in [0.1, 0.15) is 11.6 Å². The van der Waals surface area contributed by atoms with Crippen LogP contribution in [0, 0.1) is 17.6 Å². The van der Waals surface area contributed by atoms with Crippen molar-refractivity contribution in [3.8, 4) is 11.1 Å². The number of aliphatic hydroxyl groups is 1. The molecule has 0 aliphatic heterocycles. The minimum atomic E-state index is -4.97. The molecule has 1 fully saturated rings. The van der Waals surface area contributed by atoms with Gasteiger partial charge in [0.2, 0.25) is 0 Å². The second kappa shape index (κ2) is 8.02. The topological polar surface area (TPSA) is 54.4 Å². The van der Waals surface area contributed by atoms with Gasteiger partial charge in [0.15, 0.2) is 9.84 Å². The van der Waals surface area contributed by atoms with Crippen LogP contribution >= 0.6 is 0 Å². The molecule has 3 rings (SSSR count). The van der Waals surface area contributed by atoms with Gasteiger partial charge in [-0.1, -0.05) is 6.07 Å². The molecule has 0 unspecified atom stereocenters. The zero-order valence-corrected chi connectivity index (χ0v) is 16.0. The Morgan fingerprint density at radius 3 is 2.21 bits per heavy atom. The predicted molar refractivity (Wildman–Crippen MR) is 96.8 cm³/mol. The first-order valence-corrected chi connectivity index (χ1v) is 10.7. The Bertz CT molecular complexity index is 994. The van der Waals surface area contributed by atoms with E-state index in [4.69, 9.17) is 0 Å². The molecule has 1 aliphatic rings. The van der Waals surface area contributed by atoms with Crippen molar-refractivity contribution in [3.63, 3.8) is 0 Å². The average Bonchev–Trinajstić information content (AvgIpc) is 2.62. The fourth-order valence-electron chi connectivity index (χ4n) is 3.63. The van der Waals surface area contributed by atoms with Gasteiger partial charge in [-0.15, -0.1) is 0 Å². The second-order valence-electron chi connectivity index (χ2n) is 7.29. The summed E-state index contributed by atoms with van der Waals surface area (Å²) in [6.45, 7) is 0. The third kappa shape index (κ3) is 4.95. The van der Waals surface area contributed by atoms with E-state index < -0.39 is 50.0 Å². The first kappa shape index (κ1) is 21.7. The van der Waals surface area contributed by atoms with Gasteiger partial charge in [-0.2, -0.15) is 13.2 Å². The van der Waals surface area contributed by atoms with Crippen LogP contribution in [-0.4, -0.2) is 25.4 Å².